The number of guanidine groups is 1. The molecule has 0 aromatic heterocycles. The summed E-state index contributed by atoms with van der Waals surface area (Å²) in [5.74, 6) is 1.60. The number of nitrogens with one attached hydrogen (secondary N) is 2. The molecule has 1 aromatic carbocycles. The molecular formula is C18H31IN4O2. The number of carbonyl (C=O) groups excluding carboxylic acids is 1. The molecule has 2 N–H and O–H groups in total. The van der Waals surface area contributed by atoms with Crippen LogP contribution in [-0.2, 0) is 11.3 Å². The second-order valence-electron chi connectivity index (χ2n) is 6.30. The third-order valence-electron chi connectivity index (χ3n) is 3.76. The summed E-state index contributed by atoms with van der Waals surface area (Å²) in [6, 6.07) is 7.92. The van der Waals surface area contributed by atoms with E-state index in [1.165, 1.54) is 0 Å². The first-order valence-electron chi connectivity index (χ1n) is 8.19. The van der Waals surface area contributed by atoms with E-state index >= 15 is 0 Å². The Morgan fingerprint density at radius 3 is 2.52 bits per heavy atom. The maximum atomic E-state index is 11.9. The van der Waals surface area contributed by atoms with E-state index in [4.69, 9.17) is 4.74 Å². The van der Waals surface area contributed by atoms with Crippen molar-refractivity contribution in [2.75, 3.05) is 34.3 Å². The molecule has 0 fully saturated rings. The maximum Gasteiger partial charge on any atom is 0.227 e. The second kappa shape index (κ2) is 11.2. The van der Waals surface area contributed by atoms with Crippen LogP contribution >= 0.6 is 24.0 Å². The van der Waals surface area contributed by atoms with Crippen LogP contribution in [-0.4, -0.2) is 51.1 Å². The van der Waals surface area contributed by atoms with Crippen LogP contribution in [0.4, 0.5) is 0 Å². The fraction of sp³-hybridized carbons (Fsp3) is 0.556. The van der Waals surface area contributed by atoms with Gasteiger partial charge in [-0.3, -0.25) is 9.79 Å². The lowest BCUT2D eigenvalue weighted by molar-refractivity contribution is -0.128. The monoisotopic (exact) mass is 462 g/mol. The largest absolute Gasteiger partial charge is 0.496 e. The number of halogens is 1. The van der Waals surface area contributed by atoms with E-state index in [9.17, 15) is 4.79 Å². The van der Waals surface area contributed by atoms with Gasteiger partial charge in [0, 0.05) is 32.7 Å². The van der Waals surface area contributed by atoms with Crippen molar-refractivity contribution < 1.29 is 9.53 Å². The Morgan fingerprint density at radius 1 is 1.32 bits per heavy atom. The molecule has 1 rings (SSSR count). The van der Waals surface area contributed by atoms with Crippen molar-refractivity contribution in [3.05, 3.63) is 29.8 Å². The summed E-state index contributed by atoms with van der Waals surface area (Å²) in [6.07, 6.45) is 0. The molecule has 0 saturated heterocycles. The van der Waals surface area contributed by atoms with Crippen LogP contribution < -0.4 is 15.4 Å². The highest BCUT2D eigenvalue weighted by atomic mass is 127. The molecule has 0 aliphatic rings. The van der Waals surface area contributed by atoms with Crippen LogP contribution in [0.2, 0.25) is 0 Å². The van der Waals surface area contributed by atoms with Gasteiger partial charge in [-0.25, -0.2) is 0 Å². The Balaban J connectivity index is 0.00000576. The van der Waals surface area contributed by atoms with E-state index < -0.39 is 5.41 Å². The highest BCUT2D eigenvalue weighted by Gasteiger charge is 2.26. The van der Waals surface area contributed by atoms with Crippen molar-refractivity contribution in [2.45, 2.75) is 27.3 Å². The zero-order valence-electron chi connectivity index (χ0n) is 16.0. The molecule has 7 heteroatoms. The molecule has 0 radical (unpaired) electrons. The topological polar surface area (TPSA) is 66.0 Å². The number of rotatable bonds is 7. The average molecular weight is 462 g/mol. The van der Waals surface area contributed by atoms with Gasteiger partial charge in [-0.2, -0.15) is 0 Å². The highest BCUT2D eigenvalue weighted by Crippen LogP contribution is 2.19. The molecule has 0 unspecified atom stereocenters. The summed E-state index contributed by atoms with van der Waals surface area (Å²) < 4.78 is 5.41. The summed E-state index contributed by atoms with van der Waals surface area (Å²) in [6.45, 7) is 7.63. The van der Waals surface area contributed by atoms with Crippen molar-refractivity contribution in [3.8, 4) is 5.75 Å². The van der Waals surface area contributed by atoms with Gasteiger partial charge in [0.05, 0.1) is 19.1 Å². The number of methoxy groups -OCH3 is 1. The van der Waals surface area contributed by atoms with Gasteiger partial charge in [0.25, 0.3) is 0 Å². The Hall–Kier alpha value is -1.51. The van der Waals surface area contributed by atoms with E-state index in [1.54, 1.807) is 14.2 Å². The molecular weight excluding hydrogens is 431 g/mol. The summed E-state index contributed by atoms with van der Waals surface area (Å²) >= 11 is 0. The lowest BCUT2D eigenvalue weighted by atomic mass is 9.93. The second-order valence-corrected chi connectivity index (χ2v) is 6.30. The highest BCUT2D eigenvalue weighted by molar-refractivity contribution is 14.0. The first kappa shape index (κ1) is 23.5. The SMILES string of the molecule is CCNC(=NCC(C)(C)C(=O)NC)N(C)Cc1ccccc1OC.I. The fourth-order valence-corrected chi connectivity index (χ4v) is 2.32. The van der Waals surface area contributed by atoms with E-state index in [1.807, 2.05) is 57.0 Å². The van der Waals surface area contributed by atoms with Gasteiger partial charge in [-0.1, -0.05) is 18.2 Å². The number of ether oxygens (including phenoxy) is 1. The summed E-state index contributed by atoms with van der Waals surface area (Å²) in [5, 5.41) is 5.96. The molecule has 0 aliphatic carbocycles. The quantitative estimate of drug-likeness (QED) is 0.371. The number of hydrogen-bond donors (Lipinski definition) is 2. The Bertz CT molecular complexity index is 576. The Kier molecular flexibility index (Phi) is 10.5. The molecule has 142 valence electrons. The molecule has 0 spiro atoms. The lowest BCUT2D eigenvalue weighted by Crippen LogP contribution is -2.41. The number of benzene rings is 1. The smallest absolute Gasteiger partial charge is 0.227 e. The molecule has 0 heterocycles. The number of nitrogens with zero attached hydrogens (tertiary/aromatic N) is 2. The first-order chi connectivity index (χ1) is 11.4. The van der Waals surface area contributed by atoms with E-state index in [2.05, 4.69) is 15.6 Å². The zero-order chi connectivity index (χ0) is 18.2. The van der Waals surface area contributed by atoms with Crippen LogP contribution in [0, 0.1) is 5.41 Å². The van der Waals surface area contributed by atoms with Gasteiger partial charge in [0.1, 0.15) is 5.75 Å². The van der Waals surface area contributed by atoms with Crippen LogP contribution in [0.15, 0.2) is 29.3 Å². The third-order valence-corrected chi connectivity index (χ3v) is 3.76. The first-order valence-corrected chi connectivity index (χ1v) is 8.19. The van der Waals surface area contributed by atoms with Crippen molar-refractivity contribution in [1.82, 2.24) is 15.5 Å². The normalized spacial score (nSPS) is 11.4. The maximum absolute atomic E-state index is 11.9. The predicted molar refractivity (Wildman–Crippen MR) is 114 cm³/mol. The minimum Gasteiger partial charge on any atom is -0.496 e. The Labute approximate surface area is 168 Å². The minimum atomic E-state index is -0.555. The summed E-state index contributed by atoms with van der Waals surface area (Å²) in [7, 11) is 5.29. The standard InChI is InChI=1S/C18H30N4O2.HI/c1-7-20-17(21-13-18(2,3)16(23)19-4)22(5)12-14-10-8-9-11-15(14)24-6;/h8-11H,7,12-13H2,1-6H3,(H,19,23)(H,20,21);1H. The van der Waals surface area contributed by atoms with E-state index in [0.29, 0.717) is 13.1 Å². The average Bonchev–Trinajstić information content (AvgIpc) is 2.58. The van der Waals surface area contributed by atoms with Gasteiger partial charge in [0.2, 0.25) is 5.91 Å². The minimum absolute atomic E-state index is 0. The number of hydrogen-bond acceptors (Lipinski definition) is 3. The Morgan fingerprint density at radius 2 is 1.96 bits per heavy atom. The van der Waals surface area contributed by atoms with Crippen LogP contribution in [0.5, 0.6) is 5.75 Å². The van der Waals surface area contributed by atoms with Crippen molar-refractivity contribution in [3.63, 3.8) is 0 Å². The van der Waals surface area contributed by atoms with Crippen molar-refractivity contribution >= 4 is 35.8 Å². The molecule has 25 heavy (non-hydrogen) atoms. The van der Waals surface area contributed by atoms with E-state index in [0.717, 1.165) is 23.8 Å². The molecule has 1 amide bonds. The number of para-hydroxylation sites is 1. The predicted octanol–water partition coefficient (Wildman–Crippen LogP) is 2.48. The van der Waals surface area contributed by atoms with Gasteiger partial charge < -0.3 is 20.3 Å². The fourth-order valence-electron chi connectivity index (χ4n) is 2.32. The zero-order valence-corrected chi connectivity index (χ0v) is 18.4. The number of aliphatic imine (C=N–C) groups is 1. The van der Waals surface area contributed by atoms with Crippen LogP contribution in [0.3, 0.4) is 0 Å². The molecule has 6 nitrogen and oxygen atoms in total. The third kappa shape index (κ3) is 7.09. The van der Waals surface area contributed by atoms with Crippen LogP contribution in [0.25, 0.3) is 0 Å². The summed E-state index contributed by atoms with van der Waals surface area (Å²) in [5.41, 5.74) is 0.527. The van der Waals surface area contributed by atoms with E-state index in [-0.39, 0.29) is 29.9 Å². The molecule has 0 atom stereocenters. The lowest BCUT2D eigenvalue weighted by Gasteiger charge is -2.25. The van der Waals surface area contributed by atoms with Crippen LogP contribution in [0.1, 0.15) is 26.3 Å². The van der Waals surface area contributed by atoms with Gasteiger partial charge in [-0.15, -0.1) is 24.0 Å². The van der Waals surface area contributed by atoms with Crippen molar-refractivity contribution in [2.24, 2.45) is 10.4 Å². The molecule has 1 aromatic rings. The molecule has 0 aliphatic heterocycles. The number of amides is 1. The molecule has 0 bridgehead atoms. The van der Waals surface area contributed by atoms with Gasteiger partial charge in [-0.05, 0) is 26.8 Å². The molecule has 0 saturated carbocycles. The van der Waals surface area contributed by atoms with Gasteiger partial charge in [0.15, 0.2) is 5.96 Å². The van der Waals surface area contributed by atoms with Crippen molar-refractivity contribution in [1.29, 1.82) is 0 Å². The van der Waals surface area contributed by atoms with Gasteiger partial charge >= 0.3 is 0 Å². The number of carbonyl (C=O) groups is 1. The summed E-state index contributed by atoms with van der Waals surface area (Å²) in [4.78, 5) is 18.6.